The van der Waals surface area contributed by atoms with Crippen molar-refractivity contribution in [1.82, 2.24) is 15.3 Å². The van der Waals surface area contributed by atoms with Crippen LogP contribution in [-0.4, -0.2) is 34.4 Å². The van der Waals surface area contributed by atoms with Gasteiger partial charge < -0.3 is 4.74 Å². The van der Waals surface area contributed by atoms with Crippen LogP contribution < -0.4 is 5.32 Å². The molecule has 0 saturated heterocycles. The molecule has 148 valence electrons. The number of hydrogen-bond donors (Lipinski definition) is 1. The fraction of sp³-hybridized carbons (Fsp3) is 0.227. The predicted molar refractivity (Wildman–Crippen MR) is 107 cm³/mol. The summed E-state index contributed by atoms with van der Waals surface area (Å²) in [5.41, 5.74) is 2.83. The number of aromatic nitrogens is 2. The minimum absolute atomic E-state index is 0.0344. The van der Waals surface area contributed by atoms with Crippen molar-refractivity contribution in [2.75, 3.05) is 6.61 Å². The number of imide groups is 1. The molecule has 7 heteroatoms. The number of carbonyl (C=O) groups is 3. The summed E-state index contributed by atoms with van der Waals surface area (Å²) >= 11 is 0. The molecular formula is C22H21N3O4. The number of hydrogen-bond acceptors (Lipinski definition) is 6. The second kappa shape index (κ2) is 8.18. The van der Waals surface area contributed by atoms with E-state index in [4.69, 9.17) is 4.74 Å². The standard InChI is InChI=1S/C22H21N3O4/c1-22(2,3)16-7-4-14(5-8-16)20(27)25-19(26)13-29-21(28)15-6-9-17-18(12-15)24-11-10-23-17/h4-12H,13H2,1-3H3,(H,25,26,27). The van der Waals surface area contributed by atoms with Gasteiger partial charge in [-0.3, -0.25) is 24.9 Å². The largest absolute Gasteiger partial charge is 0.452 e. The van der Waals surface area contributed by atoms with Crippen LogP contribution in [0.1, 0.15) is 47.1 Å². The zero-order chi connectivity index (χ0) is 21.0. The molecule has 2 aromatic carbocycles. The van der Waals surface area contributed by atoms with Crippen molar-refractivity contribution < 1.29 is 19.1 Å². The molecule has 3 aromatic rings. The van der Waals surface area contributed by atoms with Crippen LogP contribution in [0.3, 0.4) is 0 Å². The third kappa shape index (κ3) is 5.01. The van der Waals surface area contributed by atoms with Crippen LogP contribution in [0.25, 0.3) is 11.0 Å². The molecule has 0 atom stereocenters. The van der Waals surface area contributed by atoms with E-state index in [1.807, 2.05) is 12.1 Å². The zero-order valence-corrected chi connectivity index (χ0v) is 16.4. The number of carbonyl (C=O) groups excluding carboxylic acids is 3. The summed E-state index contributed by atoms with van der Waals surface area (Å²) in [7, 11) is 0. The highest BCUT2D eigenvalue weighted by molar-refractivity contribution is 6.05. The molecule has 29 heavy (non-hydrogen) atoms. The average molecular weight is 391 g/mol. The van der Waals surface area contributed by atoms with Crippen molar-refractivity contribution >= 4 is 28.8 Å². The summed E-state index contributed by atoms with van der Waals surface area (Å²) in [6.45, 7) is 5.65. The Morgan fingerprint density at radius 1 is 0.897 bits per heavy atom. The van der Waals surface area contributed by atoms with E-state index >= 15 is 0 Å². The maximum absolute atomic E-state index is 12.2. The van der Waals surface area contributed by atoms with Gasteiger partial charge >= 0.3 is 5.97 Å². The Labute approximate surface area is 168 Å². The molecule has 0 saturated carbocycles. The van der Waals surface area contributed by atoms with Gasteiger partial charge in [0, 0.05) is 18.0 Å². The Balaban J connectivity index is 1.56. The maximum Gasteiger partial charge on any atom is 0.338 e. The van der Waals surface area contributed by atoms with Gasteiger partial charge in [-0.15, -0.1) is 0 Å². The number of nitrogens with zero attached hydrogens (tertiary/aromatic N) is 2. The van der Waals surface area contributed by atoms with Crippen LogP contribution in [0.15, 0.2) is 54.9 Å². The Kier molecular flexibility index (Phi) is 5.68. The van der Waals surface area contributed by atoms with Crippen molar-refractivity contribution in [3.05, 3.63) is 71.5 Å². The van der Waals surface area contributed by atoms with Crippen molar-refractivity contribution in [1.29, 1.82) is 0 Å². The highest BCUT2D eigenvalue weighted by Gasteiger charge is 2.16. The fourth-order valence-corrected chi connectivity index (χ4v) is 2.66. The van der Waals surface area contributed by atoms with Crippen LogP contribution in [0.5, 0.6) is 0 Å². The van der Waals surface area contributed by atoms with Crippen molar-refractivity contribution in [2.45, 2.75) is 26.2 Å². The van der Waals surface area contributed by atoms with Gasteiger partial charge in [0.25, 0.3) is 11.8 Å². The summed E-state index contributed by atoms with van der Waals surface area (Å²) in [6.07, 6.45) is 3.07. The molecule has 0 unspecified atom stereocenters. The van der Waals surface area contributed by atoms with Crippen molar-refractivity contribution in [2.24, 2.45) is 0 Å². The molecule has 0 aliphatic heterocycles. The number of benzene rings is 2. The summed E-state index contributed by atoms with van der Waals surface area (Å²) in [5, 5.41) is 2.21. The Morgan fingerprint density at radius 2 is 1.52 bits per heavy atom. The molecule has 2 amide bonds. The van der Waals surface area contributed by atoms with Gasteiger partial charge in [-0.2, -0.15) is 0 Å². The number of fused-ring (bicyclic) bond motifs is 1. The molecule has 0 aliphatic rings. The van der Waals surface area contributed by atoms with Crippen molar-refractivity contribution in [3.8, 4) is 0 Å². The first-order chi connectivity index (χ1) is 13.7. The lowest BCUT2D eigenvalue weighted by atomic mass is 9.87. The lowest BCUT2D eigenvalue weighted by molar-refractivity contribution is -0.123. The molecule has 0 radical (unpaired) electrons. The highest BCUT2D eigenvalue weighted by Crippen LogP contribution is 2.22. The minimum Gasteiger partial charge on any atom is -0.452 e. The van der Waals surface area contributed by atoms with Crippen LogP contribution in [0, 0.1) is 0 Å². The van der Waals surface area contributed by atoms with Gasteiger partial charge in [-0.05, 0) is 41.3 Å². The third-order valence-electron chi connectivity index (χ3n) is 4.31. The smallest absolute Gasteiger partial charge is 0.338 e. The molecule has 7 nitrogen and oxygen atoms in total. The van der Waals surface area contributed by atoms with E-state index < -0.39 is 24.4 Å². The normalized spacial score (nSPS) is 11.1. The van der Waals surface area contributed by atoms with E-state index in [-0.39, 0.29) is 11.0 Å². The van der Waals surface area contributed by atoms with Crippen LogP contribution in [-0.2, 0) is 14.9 Å². The third-order valence-corrected chi connectivity index (χ3v) is 4.31. The first kappa shape index (κ1) is 20.1. The van der Waals surface area contributed by atoms with E-state index in [2.05, 4.69) is 36.1 Å². The number of amides is 2. The van der Waals surface area contributed by atoms with E-state index in [0.29, 0.717) is 16.6 Å². The first-order valence-corrected chi connectivity index (χ1v) is 9.07. The molecule has 0 bridgehead atoms. The molecule has 0 aliphatic carbocycles. The molecule has 3 rings (SSSR count). The number of esters is 1. The van der Waals surface area contributed by atoms with Gasteiger partial charge in [0.2, 0.25) is 0 Å². The monoisotopic (exact) mass is 391 g/mol. The topological polar surface area (TPSA) is 98.2 Å². The Bertz CT molecular complexity index is 1070. The average Bonchev–Trinajstić information content (AvgIpc) is 2.71. The SMILES string of the molecule is CC(C)(C)c1ccc(C(=O)NC(=O)COC(=O)c2ccc3nccnc3c2)cc1. The zero-order valence-electron chi connectivity index (χ0n) is 16.4. The molecule has 0 spiro atoms. The predicted octanol–water partition coefficient (Wildman–Crippen LogP) is 3.04. The van der Waals surface area contributed by atoms with E-state index in [1.165, 1.54) is 12.3 Å². The van der Waals surface area contributed by atoms with Crippen LogP contribution >= 0.6 is 0 Å². The quantitative estimate of drug-likeness (QED) is 0.687. The van der Waals surface area contributed by atoms with Crippen LogP contribution in [0.2, 0.25) is 0 Å². The number of nitrogens with one attached hydrogen (secondary N) is 1. The molecule has 1 N–H and O–H groups in total. The fourth-order valence-electron chi connectivity index (χ4n) is 2.66. The summed E-state index contributed by atoms with van der Waals surface area (Å²) in [5.74, 6) is -1.94. The summed E-state index contributed by atoms with van der Waals surface area (Å²) in [6, 6.07) is 11.7. The second-order valence-corrected chi connectivity index (χ2v) is 7.54. The molecular weight excluding hydrogens is 370 g/mol. The lowest BCUT2D eigenvalue weighted by Gasteiger charge is -2.19. The van der Waals surface area contributed by atoms with E-state index in [0.717, 1.165) is 5.56 Å². The Morgan fingerprint density at radius 3 is 2.17 bits per heavy atom. The van der Waals surface area contributed by atoms with Crippen LogP contribution in [0.4, 0.5) is 0 Å². The number of ether oxygens (including phenoxy) is 1. The number of rotatable bonds is 4. The summed E-state index contributed by atoms with van der Waals surface area (Å²) in [4.78, 5) is 44.5. The molecule has 1 heterocycles. The van der Waals surface area contributed by atoms with Crippen molar-refractivity contribution in [3.63, 3.8) is 0 Å². The first-order valence-electron chi connectivity index (χ1n) is 9.07. The van der Waals surface area contributed by atoms with Gasteiger partial charge in [0.1, 0.15) is 0 Å². The van der Waals surface area contributed by atoms with Gasteiger partial charge in [0.05, 0.1) is 16.6 Å². The van der Waals surface area contributed by atoms with E-state index in [1.54, 1.807) is 30.5 Å². The maximum atomic E-state index is 12.2. The Hall–Kier alpha value is -3.61. The second-order valence-electron chi connectivity index (χ2n) is 7.54. The van der Waals surface area contributed by atoms with Gasteiger partial charge in [-0.25, -0.2) is 4.79 Å². The molecule has 0 fully saturated rings. The lowest BCUT2D eigenvalue weighted by Crippen LogP contribution is -2.34. The van der Waals surface area contributed by atoms with Gasteiger partial charge in [-0.1, -0.05) is 32.9 Å². The van der Waals surface area contributed by atoms with E-state index in [9.17, 15) is 14.4 Å². The minimum atomic E-state index is -0.705. The molecule has 1 aromatic heterocycles. The highest BCUT2D eigenvalue weighted by atomic mass is 16.5. The van der Waals surface area contributed by atoms with Gasteiger partial charge in [0.15, 0.2) is 6.61 Å². The summed E-state index contributed by atoms with van der Waals surface area (Å²) < 4.78 is 4.99.